The highest BCUT2D eigenvalue weighted by atomic mass is 16.5. The normalized spacial score (nSPS) is 11.1. The topological polar surface area (TPSA) is 72.3 Å². The molecule has 0 saturated carbocycles. The summed E-state index contributed by atoms with van der Waals surface area (Å²) in [6.45, 7) is 0. The van der Waals surface area contributed by atoms with Gasteiger partial charge in [-0.15, -0.1) is 0 Å². The zero-order valence-electron chi connectivity index (χ0n) is 12.3. The molecule has 0 saturated heterocycles. The van der Waals surface area contributed by atoms with Crippen LogP contribution < -0.4 is 0 Å². The van der Waals surface area contributed by atoms with E-state index in [4.69, 9.17) is 8.94 Å². The molecular weight excluding hydrogens is 292 g/mol. The van der Waals surface area contributed by atoms with Gasteiger partial charge in [0.05, 0.1) is 0 Å². The quantitative estimate of drug-likeness (QED) is 0.617. The average molecular weight is 306 g/mol. The van der Waals surface area contributed by atoms with Crippen molar-refractivity contribution in [1.29, 1.82) is 0 Å². The third-order valence-electron chi connectivity index (χ3n) is 3.68. The van der Waals surface area contributed by atoms with E-state index in [9.17, 15) is 5.11 Å². The fourth-order valence-corrected chi connectivity index (χ4v) is 2.46. The van der Waals surface area contributed by atoms with E-state index in [0.717, 1.165) is 23.0 Å². The number of phenols is 1. The minimum atomic E-state index is 0.263. The SMILES string of the molecule is Oc1ccc(CCc2nc(-c3cc4ccccc4o3)no2)cc1. The lowest BCUT2D eigenvalue weighted by atomic mass is 10.1. The highest BCUT2D eigenvalue weighted by molar-refractivity contribution is 5.81. The van der Waals surface area contributed by atoms with E-state index in [1.807, 2.05) is 42.5 Å². The molecule has 0 spiro atoms. The fraction of sp³-hybridized carbons (Fsp3) is 0.111. The summed E-state index contributed by atoms with van der Waals surface area (Å²) in [4.78, 5) is 4.39. The summed E-state index contributed by atoms with van der Waals surface area (Å²) in [6, 6.07) is 16.8. The number of hydrogen-bond acceptors (Lipinski definition) is 5. The number of aromatic hydroxyl groups is 1. The van der Waals surface area contributed by atoms with E-state index < -0.39 is 0 Å². The van der Waals surface area contributed by atoms with Gasteiger partial charge in [0.25, 0.3) is 0 Å². The number of furan rings is 1. The van der Waals surface area contributed by atoms with Crippen molar-refractivity contribution in [2.75, 3.05) is 0 Å². The first-order valence-corrected chi connectivity index (χ1v) is 7.37. The summed E-state index contributed by atoms with van der Waals surface area (Å²) in [5.41, 5.74) is 1.91. The molecule has 0 unspecified atom stereocenters. The molecule has 0 aliphatic heterocycles. The Balaban J connectivity index is 1.51. The smallest absolute Gasteiger partial charge is 0.238 e. The van der Waals surface area contributed by atoms with Gasteiger partial charge >= 0.3 is 0 Å². The molecule has 0 aliphatic rings. The monoisotopic (exact) mass is 306 g/mol. The summed E-state index contributed by atoms with van der Waals surface area (Å²) >= 11 is 0. The number of nitrogens with zero attached hydrogens (tertiary/aromatic N) is 2. The molecule has 0 radical (unpaired) electrons. The van der Waals surface area contributed by atoms with Gasteiger partial charge in [-0.3, -0.25) is 0 Å². The predicted molar refractivity (Wildman–Crippen MR) is 85.0 cm³/mol. The van der Waals surface area contributed by atoms with Crippen LogP contribution in [0.3, 0.4) is 0 Å². The standard InChI is InChI=1S/C18H14N2O3/c21-14-8-5-12(6-9-14)7-10-17-19-18(20-23-17)16-11-13-3-1-2-4-15(13)22-16/h1-6,8-9,11,21H,7,10H2. The van der Waals surface area contributed by atoms with Crippen molar-refractivity contribution in [3.63, 3.8) is 0 Å². The Kier molecular flexibility index (Phi) is 3.31. The van der Waals surface area contributed by atoms with Gasteiger partial charge in [-0.1, -0.05) is 35.5 Å². The van der Waals surface area contributed by atoms with Crippen LogP contribution in [0.25, 0.3) is 22.6 Å². The van der Waals surface area contributed by atoms with Crippen LogP contribution in [0.1, 0.15) is 11.5 Å². The van der Waals surface area contributed by atoms with E-state index in [2.05, 4.69) is 10.1 Å². The molecule has 0 aliphatic carbocycles. The molecule has 2 aromatic heterocycles. The first kappa shape index (κ1) is 13.6. The molecule has 2 aromatic carbocycles. The predicted octanol–water partition coefficient (Wildman–Crippen LogP) is 3.97. The van der Waals surface area contributed by atoms with Crippen LogP contribution in [0.2, 0.25) is 0 Å². The number of hydrogen-bond donors (Lipinski definition) is 1. The molecule has 23 heavy (non-hydrogen) atoms. The van der Waals surface area contributed by atoms with E-state index in [-0.39, 0.29) is 5.75 Å². The Bertz CT molecular complexity index is 905. The maximum atomic E-state index is 9.28. The van der Waals surface area contributed by atoms with Crippen LogP contribution in [-0.4, -0.2) is 15.2 Å². The lowest BCUT2D eigenvalue weighted by Crippen LogP contribution is -1.91. The van der Waals surface area contributed by atoms with Gasteiger partial charge in [-0.25, -0.2) is 0 Å². The highest BCUT2D eigenvalue weighted by Crippen LogP contribution is 2.25. The van der Waals surface area contributed by atoms with Crippen molar-refractivity contribution in [3.05, 3.63) is 66.1 Å². The Morgan fingerprint density at radius 1 is 0.957 bits per heavy atom. The largest absolute Gasteiger partial charge is 0.508 e. The minimum absolute atomic E-state index is 0.263. The molecule has 5 nitrogen and oxygen atoms in total. The number of aromatic nitrogens is 2. The van der Waals surface area contributed by atoms with Gasteiger partial charge in [0, 0.05) is 11.8 Å². The van der Waals surface area contributed by atoms with Gasteiger partial charge in [0.2, 0.25) is 11.7 Å². The molecular formula is C18H14N2O3. The summed E-state index contributed by atoms with van der Waals surface area (Å²) in [5.74, 6) is 1.89. The van der Waals surface area contributed by atoms with Gasteiger partial charge in [0.15, 0.2) is 5.76 Å². The van der Waals surface area contributed by atoms with Crippen LogP contribution >= 0.6 is 0 Å². The first-order chi connectivity index (χ1) is 11.3. The third kappa shape index (κ3) is 2.81. The van der Waals surface area contributed by atoms with Crippen LogP contribution in [0.4, 0.5) is 0 Å². The van der Waals surface area contributed by atoms with Crippen molar-refractivity contribution in [2.24, 2.45) is 0 Å². The molecule has 1 N–H and O–H groups in total. The number of rotatable bonds is 4. The van der Waals surface area contributed by atoms with Crippen LogP contribution in [0, 0.1) is 0 Å². The number of phenolic OH excluding ortho intramolecular Hbond substituents is 1. The molecule has 0 bridgehead atoms. The molecule has 0 amide bonds. The van der Waals surface area contributed by atoms with Crippen molar-refractivity contribution in [2.45, 2.75) is 12.8 Å². The maximum Gasteiger partial charge on any atom is 0.238 e. The number of fused-ring (bicyclic) bond motifs is 1. The van der Waals surface area contributed by atoms with Crippen molar-refractivity contribution in [1.82, 2.24) is 10.1 Å². The Hall–Kier alpha value is -3.08. The fourth-order valence-electron chi connectivity index (χ4n) is 2.46. The zero-order valence-corrected chi connectivity index (χ0v) is 12.3. The van der Waals surface area contributed by atoms with Crippen LogP contribution in [-0.2, 0) is 12.8 Å². The molecule has 4 aromatic rings. The van der Waals surface area contributed by atoms with Crippen molar-refractivity contribution in [3.8, 4) is 17.3 Å². The second kappa shape index (κ2) is 5.61. The summed E-state index contributed by atoms with van der Waals surface area (Å²) in [7, 11) is 0. The van der Waals surface area contributed by atoms with Gasteiger partial charge in [-0.2, -0.15) is 4.98 Å². The molecule has 114 valence electrons. The second-order valence-corrected chi connectivity index (χ2v) is 5.33. The lowest BCUT2D eigenvalue weighted by Gasteiger charge is -1.98. The average Bonchev–Trinajstić information content (AvgIpc) is 3.21. The van der Waals surface area contributed by atoms with Crippen molar-refractivity contribution >= 4 is 11.0 Å². The van der Waals surface area contributed by atoms with E-state index in [0.29, 0.717) is 23.9 Å². The number of aryl methyl sites for hydroxylation is 2. The first-order valence-electron chi connectivity index (χ1n) is 7.37. The van der Waals surface area contributed by atoms with Gasteiger partial charge in [0.1, 0.15) is 11.3 Å². The minimum Gasteiger partial charge on any atom is -0.508 e. The zero-order chi connectivity index (χ0) is 15.6. The summed E-state index contributed by atoms with van der Waals surface area (Å²) in [5, 5.41) is 14.3. The van der Waals surface area contributed by atoms with E-state index in [1.54, 1.807) is 12.1 Å². The Labute approximate surface area is 132 Å². The van der Waals surface area contributed by atoms with Gasteiger partial charge < -0.3 is 14.0 Å². The van der Waals surface area contributed by atoms with Crippen LogP contribution in [0.15, 0.2) is 63.5 Å². The molecule has 0 atom stereocenters. The molecule has 2 heterocycles. The van der Waals surface area contributed by atoms with Gasteiger partial charge in [-0.05, 0) is 36.2 Å². The molecule has 0 fully saturated rings. The molecule has 4 rings (SSSR count). The summed E-state index contributed by atoms with van der Waals surface area (Å²) in [6.07, 6.45) is 1.40. The highest BCUT2D eigenvalue weighted by Gasteiger charge is 2.13. The van der Waals surface area contributed by atoms with Crippen molar-refractivity contribution < 1.29 is 14.0 Å². The van der Waals surface area contributed by atoms with E-state index in [1.165, 1.54) is 0 Å². The molecule has 5 heteroatoms. The number of para-hydroxylation sites is 1. The lowest BCUT2D eigenvalue weighted by molar-refractivity contribution is 0.378. The maximum absolute atomic E-state index is 9.28. The Morgan fingerprint density at radius 3 is 2.61 bits per heavy atom. The van der Waals surface area contributed by atoms with E-state index >= 15 is 0 Å². The number of benzene rings is 2. The second-order valence-electron chi connectivity index (χ2n) is 5.33. The van der Waals surface area contributed by atoms with Crippen LogP contribution in [0.5, 0.6) is 5.75 Å². The summed E-state index contributed by atoms with van der Waals surface area (Å²) < 4.78 is 11.0. The third-order valence-corrected chi connectivity index (χ3v) is 3.68. The Morgan fingerprint density at radius 2 is 1.78 bits per heavy atom.